The SMILES string of the molecule is COc1ccc(Br)c(C(=O)N2CCC(Oc3ccc(C)nn3)CC2)c1. The summed E-state index contributed by atoms with van der Waals surface area (Å²) in [4.78, 5) is 14.6. The number of ether oxygens (including phenoxy) is 2. The number of likely N-dealkylation sites (tertiary alicyclic amines) is 1. The number of halogens is 1. The van der Waals surface area contributed by atoms with Gasteiger partial charge in [-0.3, -0.25) is 4.79 Å². The second-order valence-electron chi connectivity index (χ2n) is 5.97. The van der Waals surface area contributed by atoms with Gasteiger partial charge in [0.1, 0.15) is 11.9 Å². The number of hydrogen-bond acceptors (Lipinski definition) is 5. The minimum atomic E-state index is -0.000599. The van der Waals surface area contributed by atoms with E-state index in [1.807, 2.05) is 36.1 Å². The Bertz CT molecular complexity index is 744. The van der Waals surface area contributed by atoms with E-state index in [0.29, 0.717) is 30.3 Å². The lowest BCUT2D eigenvalue weighted by Crippen LogP contribution is -2.42. The van der Waals surface area contributed by atoms with Crippen LogP contribution in [0.1, 0.15) is 28.9 Å². The third-order valence-electron chi connectivity index (χ3n) is 4.19. The van der Waals surface area contributed by atoms with E-state index >= 15 is 0 Å². The van der Waals surface area contributed by atoms with Crippen LogP contribution in [0.3, 0.4) is 0 Å². The van der Waals surface area contributed by atoms with Crippen molar-refractivity contribution in [2.75, 3.05) is 20.2 Å². The molecule has 0 saturated carbocycles. The first-order valence-electron chi connectivity index (χ1n) is 8.16. The highest BCUT2D eigenvalue weighted by atomic mass is 79.9. The van der Waals surface area contributed by atoms with Gasteiger partial charge in [0.05, 0.1) is 18.4 Å². The molecule has 1 aromatic heterocycles. The number of methoxy groups -OCH3 is 1. The standard InChI is InChI=1S/C18H20BrN3O3/c1-12-3-6-17(21-20-12)25-13-7-9-22(10-8-13)18(23)15-11-14(24-2)4-5-16(15)19/h3-6,11,13H,7-10H2,1-2H3. The van der Waals surface area contributed by atoms with E-state index in [4.69, 9.17) is 9.47 Å². The Kier molecular flexibility index (Phi) is 5.53. The van der Waals surface area contributed by atoms with Crippen LogP contribution in [-0.4, -0.2) is 47.3 Å². The number of benzene rings is 1. The highest BCUT2D eigenvalue weighted by Crippen LogP contribution is 2.25. The zero-order valence-electron chi connectivity index (χ0n) is 14.2. The highest BCUT2D eigenvalue weighted by Gasteiger charge is 2.26. The van der Waals surface area contributed by atoms with Crippen molar-refractivity contribution in [2.45, 2.75) is 25.9 Å². The minimum Gasteiger partial charge on any atom is -0.497 e. The summed E-state index contributed by atoms with van der Waals surface area (Å²) in [7, 11) is 1.59. The fourth-order valence-corrected chi connectivity index (χ4v) is 3.18. The third-order valence-corrected chi connectivity index (χ3v) is 4.89. The molecule has 0 bridgehead atoms. The number of amides is 1. The molecule has 1 aromatic carbocycles. The second kappa shape index (κ2) is 7.82. The monoisotopic (exact) mass is 405 g/mol. The Hall–Kier alpha value is -2.15. The molecule has 0 atom stereocenters. The van der Waals surface area contributed by atoms with E-state index in [1.165, 1.54) is 0 Å². The van der Waals surface area contributed by atoms with Gasteiger partial charge in [0.15, 0.2) is 0 Å². The molecule has 1 saturated heterocycles. The molecular weight excluding hydrogens is 386 g/mol. The van der Waals surface area contributed by atoms with Gasteiger partial charge in [-0.2, -0.15) is 5.10 Å². The van der Waals surface area contributed by atoms with Crippen LogP contribution >= 0.6 is 15.9 Å². The fourth-order valence-electron chi connectivity index (χ4n) is 2.76. The average Bonchev–Trinajstić information content (AvgIpc) is 2.64. The van der Waals surface area contributed by atoms with Gasteiger partial charge in [-0.25, -0.2) is 0 Å². The summed E-state index contributed by atoms with van der Waals surface area (Å²) >= 11 is 3.45. The predicted molar refractivity (Wildman–Crippen MR) is 97.0 cm³/mol. The van der Waals surface area contributed by atoms with Crippen LogP contribution in [0.5, 0.6) is 11.6 Å². The topological polar surface area (TPSA) is 64.5 Å². The van der Waals surface area contributed by atoms with E-state index in [9.17, 15) is 4.79 Å². The molecule has 0 unspecified atom stereocenters. The molecule has 1 aliphatic rings. The summed E-state index contributed by atoms with van der Waals surface area (Å²) in [6.07, 6.45) is 1.58. The molecule has 132 valence electrons. The number of nitrogens with zero attached hydrogens (tertiary/aromatic N) is 3. The van der Waals surface area contributed by atoms with E-state index in [0.717, 1.165) is 23.0 Å². The van der Waals surface area contributed by atoms with E-state index in [1.54, 1.807) is 13.2 Å². The number of carbonyl (C=O) groups excluding carboxylic acids is 1. The van der Waals surface area contributed by atoms with Crippen LogP contribution < -0.4 is 9.47 Å². The predicted octanol–water partition coefficient (Wildman–Crippen LogP) is 3.24. The molecule has 1 aliphatic heterocycles. The zero-order valence-corrected chi connectivity index (χ0v) is 15.8. The van der Waals surface area contributed by atoms with Crippen LogP contribution in [0.4, 0.5) is 0 Å². The Morgan fingerprint density at radius 3 is 2.60 bits per heavy atom. The number of aryl methyl sites for hydroxylation is 1. The van der Waals surface area contributed by atoms with Crippen molar-refractivity contribution < 1.29 is 14.3 Å². The smallest absolute Gasteiger partial charge is 0.255 e. The molecule has 7 heteroatoms. The summed E-state index contributed by atoms with van der Waals surface area (Å²) in [6, 6.07) is 9.12. The van der Waals surface area contributed by atoms with E-state index < -0.39 is 0 Å². The van der Waals surface area contributed by atoms with Gasteiger partial charge < -0.3 is 14.4 Å². The van der Waals surface area contributed by atoms with Crippen molar-refractivity contribution in [1.29, 1.82) is 0 Å². The van der Waals surface area contributed by atoms with Gasteiger partial charge in [0.25, 0.3) is 5.91 Å². The molecule has 0 spiro atoms. The molecule has 1 fully saturated rings. The fraction of sp³-hybridized carbons (Fsp3) is 0.389. The first kappa shape index (κ1) is 17.7. The molecule has 3 rings (SSSR count). The molecule has 2 aromatic rings. The van der Waals surface area contributed by atoms with E-state index in [2.05, 4.69) is 26.1 Å². The summed E-state index contributed by atoms with van der Waals surface area (Å²) in [5, 5.41) is 8.03. The highest BCUT2D eigenvalue weighted by molar-refractivity contribution is 9.10. The van der Waals surface area contributed by atoms with Crippen LogP contribution in [0, 0.1) is 6.92 Å². The van der Waals surface area contributed by atoms with Crippen LogP contribution in [0.25, 0.3) is 0 Å². The molecule has 6 nitrogen and oxygen atoms in total. The van der Waals surface area contributed by atoms with Crippen molar-refractivity contribution in [1.82, 2.24) is 15.1 Å². The maximum atomic E-state index is 12.8. The lowest BCUT2D eigenvalue weighted by Gasteiger charge is -2.32. The maximum Gasteiger partial charge on any atom is 0.255 e. The molecule has 0 radical (unpaired) electrons. The van der Waals surface area contributed by atoms with Gasteiger partial charge in [-0.1, -0.05) is 0 Å². The Balaban J connectivity index is 1.60. The normalized spacial score (nSPS) is 15.1. The van der Waals surface area contributed by atoms with Crippen LogP contribution in [0.2, 0.25) is 0 Å². The first-order chi connectivity index (χ1) is 12.1. The number of carbonyl (C=O) groups is 1. The van der Waals surface area contributed by atoms with E-state index in [-0.39, 0.29) is 12.0 Å². The quantitative estimate of drug-likeness (QED) is 0.780. The maximum absolute atomic E-state index is 12.8. The number of hydrogen-bond donors (Lipinski definition) is 0. The Morgan fingerprint density at radius 2 is 1.96 bits per heavy atom. The van der Waals surface area contributed by atoms with Gasteiger partial charge >= 0.3 is 0 Å². The van der Waals surface area contributed by atoms with Gasteiger partial charge in [0, 0.05) is 36.5 Å². The summed E-state index contributed by atoms with van der Waals surface area (Å²) in [6.45, 7) is 3.18. The minimum absolute atomic E-state index is 0.000599. The molecular formula is C18H20BrN3O3. The van der Waals surface area contributed by atoms with Gasteiger partial charge in [0.2, 0.25) is 5.88 Å². The largest absolute Gasteiger partial charge is 0.497 e. The Morgan fingerprint density at radius 1 is 1.20 bits per heavy atom. The summed E-state index contributed by atoms with van der Waals surface area (Å²) in [5.74, 6) is 1.20. The molecule has 25 heavy (non-hydrogen) atoms. The van der Waals surface area contributed by atoms with Crippen LogP contribution in [-0.2, 0) is 0 Å². The van der Waals surface area contributed by atoms with Crippen molar-refractivity contribution in [3.8, 4) is 11.6 Å². The van der Waals surface area contributed by atoms with Crippen LogP contribution in [0.15, 0.2) is 34.8 Å². The van der Waals surface area contributed by atoms with Crippen molar-refractivity contribution >= 4 is 21.8 Å². The van der Waals surface area contributed by atoms with Crippen molar-refractivity contribution in [2.24, 2.45) is 0 Å². The van der Waals surface area contributed by atoms with Crippen molar-refractivity contribution in [3.63, 3.8) is 0 Å². The Labute approximate surface area is 155 Å². The lowest BCUT2D eigenvalue weighted by molar-refractivity contribution is 0.0585. The summed E-state index contributed by atoms with van der Waals surface area (Å²) < 4.78 is 11.8. The number of aromatic nitrogens is 2. The third kappa shape index (κ3) is 4.28. The molecule has 0 N–H and O–H groups in total. The summed E-state index contributed by atoms with van der Waals surface area (Å²) in [5.41, 5.74) is 1.47. The first-order valence-corrected chi connectivity index (χ1v) is 8.96. The molecule has 0 aliphatic carbocycles. The number of piperidine rings is 1. The molecule has 1 amide bonds. The lowest BCUT2D eigenvalue weighted by atomic mass is 10.1. The van der Waals surface area contributed by atoms with Gasteiger partial charge in [-0.15, -0.1) is 5.10 Å². The second-order valence-corrected chi connectivity index (χ2v) is 6.82. The van der Waals surface area contributed by atoms with Gasteiger partial charge in [-0.05, 0) is 47.1 Å². The van der Waals surface area contributed by atoms with Crippen molar-refractivity contribution in [3.05, 3.63) is 46.1 Å². The zero-order chi connectivity index (χ0) is 17.8. The molecule has 2 heterocycles. The average molecular weight is 406 g/mol. The number of rotatable bonds is 4.